The molecule has 0 atom stereocenters. The molecule has 7 heteroatoms. The highest BCUT2D eigenvalue weighted by atomic mass is 19.1. The minimum absolute atomic E-state index is 0.0476. The minimum Gasteiger partial charge on any atom is -0.478 e. The van der Waals surface area contributed by atoms with Crippen LogP contribution in [0, 0.1) is 11.6 Å². The summed E-state index contributed by atoms with van der Waals surface area (Å²) in [4.78, 5) is 29.5. The summed E-state index contributed by atoms with van der Waals surface area (Å²) in [6, 6.07) is 5.89. The molecule has 3 rings (SSSR count). The third kappa shape index (κ3) is 3.71. The number of hydrogen-bond donors (Lipinski definition) is 1. The Labute approximate surface area is 149 Å². The maximum atomic E-state index is 14.1. The Hall–Kier alpha value is -2.83. The number of halogens is 2. The van der Waals surface area contributed by atoms with Crippen LogP contribution >= 0.6 is 0 Å². The van der Waals surface area contributed by atoms with Gasteiger partial charge in [0.1, 0.15) is 17.3 Å². The molecular formula is C19H18F2N2O3. The average molecular weight is 360 g/mol. The van der Waals surface area contributed by atoms with Gasteiger partial charge in [0.15, 0.2) is 0 Å². The average Bonchev–Trinajstić information content (AvgIpc) is 3.15. The van der Waals surface area contributed by atoms with Crippen molar-refractivity contribution in [1.82, 2.24) is 9.88 Å². The van der Waals surface area contributed by atoms with Gasteiger partial charge in [0.2, 0.25) is 0 Å². The molecule has 0 aliphatic heterocycles. The third-order valence-electron chi connectivity index (χ3n) is 4.64. The molecule has 1 aliphatic rings. The first-order chi connectivity index (χ1) is 12.5. The normalized spacial score (nSPS) is 14.4. The van der Waals surface area contributed by atoms with E-state index in [2.05, 4.69) is 4.98 Å². The van der Waals surface area contributed by atoms with Crippen molar-refractivity contribution < 1.29 is 23.5 Å². The lowest BCUT2D eigenvalue weighted by molar-refractivity contribution is 0.0654. The number of rotatable bonds is 5. The molecule has 1 aliphatic carbocycles. The molecule has 1 saturated carbocycles. The van der Waals surface area contributed by atoms with Crippen LogP contribution in [0.1, 0.15) is 52.1 Å². The van der Waals surface area contributed by atoms with Gasteiger partial charge in [0.25, 0.3) is 5.91 Å². The van der Waals surface area contributed by atoms with Crippen LogP contribution < -0.4 is 0 Å². The van der Waals surface area contributed by atoms with Crippen LogP contribution in [0.25, 0.3) is 0 Å². The van der Waals surface area contributed by atoms with Gasteiger partial charge >= 0.3 is 5.97 Å². The number of aromatic carboxylic acids is 1. The highest BCUT2D eigenvalue weighted by Crippen LogP contribution is 2.27. The van der Waals surface area contributed by atoms with Crippen molar-refractivity contribution in [3.63, 3.8) is 0 Å². The Morgan fingerprint density at radius 2 is 1.81 bits per heavy atom. The van der Waals surface area contributed by atoms with E-state index in [4.69, 9.17) is 5.11 Å². The lowest BCUT2D eigenvalue weighted by atomic mass is 10.1. The lowest BCUT2D eigenvalue weighted by Gasteiger charge is -2.29. The van der Waals surface area contributed by atoms with Crippen molar-refractivity contribution in [2.45, 2.75) is 38.3 Å². The van der Waals surface area contributed by atoms with Gasteiger partial charge in [-0.1, -0.05) is 18.9 Å². The zero-order chi connectivity index (χ0) is 18.7. The highest BCUT2D eigenvalue weighted by Gasteiger charge is 2.30. The van der Waals surface area contributed by atoms with Gasteiger partial charge in [0.05, 0.1) is 12.1 Å². The van der Waals surface area contributed by atoms with Crippen molar-refractivity contribution in [3.05, 3.63) is 65.0 Å². The number of benzene rings is 1. The molecule has 1 heterocycles. The minimum atomic E-state index is -1.17. The smallest absolute Gasteiger partial charge is 0.335 e. The van der Waals surface area contributed by atoms with E-state index >= 15 is 0 Å². The van der Waals surface area contributed by atoms with Gasteiger partial charge in [-0.3, -0.25) is 9.78 Å². The fraction of sp³-hybridized carbons (Fsp3) is 0.316. The molecule has 26 heavy (non-hydrogen) atoms. The second-order valence-corrected chi connectivity index (χ2v) is 6.31. The molecule has 0 saturated heterocycles. The maximum absolute atomic E-state index is 14.1. The van der Waals surface area contributed by atoms with Crippen LogP contribution in [0.2, 0.25) is 0 Å². The Bertz CT molecular complexity index is 815. The zero-order valence-corrected chi connectivity index (χ0v) is 14.0. The number of carbonyl (C=O) groups is 2. The fourth-order valence-electron chi connectivity index (χ4n) is 3.26. The van der Waals surface area contributed by atoms with Gasteiger partial charge in [0, 0.05) is 17.8 Å². The van der Waals surface area contributed by atoms with E-state index in [0.717, 1.165) is 37.8 Å². The van der Waals surface area contributed by atoms with E-state index in [9.17, 15) is 18.4 Å². The standard InChI is InChI=1S/C19H18F2N2O3/c20-15-6-3-7-16(21)14(15)11-23(13-4-1-2-5-13)18(24)17-10-12(19(25)26)8-9-22-17/h3,6-10,13H,1-2,4-5,11H2,(H,25,26). The van der Waals surface area contributed by atoms with Crippen LogP contribution in [-0.2, 0) is 6.54 Å². The largest absolute Gasteiger partial charge is 0.478 e. The quantitative estimate of drug-likeness (QED) is 0.884. The number of pyridine rings is 1. The highest BCUT2D eigenvalue weighted by molar-refractivity contribution is 5.96. The van der Waals surface area contributed by atoms with E-state index in [-0.39, 0.29) is 29.4 Å². The van der Waals surface area contributed by atoms with E-state index in [0.29, 0.717) is 0 Å². The maximum Gasteiger partial charge on any atom is 0.335 e. The summed E-state index contributed by atoms with van der Waals surface area (Å²) in [5, 5.41) is 9.10. The number of aromatic nitrogens is 1. The summed E-state index contributed by atoms with van der Waals surface area (Å²) in [6.45, 7) is -0.221. The van der Waals surface area contributed by atoms with Crippen molar-refractivity contribution in [2.75, 3.05) is 0 Å². The molecule has 0 radical (unpaired) electrons. The number of nitrogens with zero attached hydrogens (tertiary/aromatic N) is 2. The number of carboxylic acid groups (broad SMARTS) is 1. The van der Waals surface area contributed by atoms with Gasteiger partial charge in [-0.05, 0) is 37.1 Å². The molecule has 5 nitrogen and oxygen atoms in total. The monoisotopic (exact) mass is 360 g/mol. The molecule has 136 valence electrons. The van der Waals surface area contributed by atoms with E-state index in [1.807, 2.05) is 0 Å². The summed E-state index contributed by atoms with van der Waals surface area (Å²) in [5.41, 5.74) is -0.289. The first-order valence-electron chi connectivity index (χ1n) is 8.40. The molecule has 0 unspecified atom stereocenters. The number of carboxylic acids is 1. The summed E-state index contributed by atoms with van der Waals surface area (Å²) in [6.07, 6.45) is 4.57. The summed E-state index contributed by atoms with van der Waals surface area (Å²) < 4.78 is 28.1. The third-order valence-corrected chi connectivity index (χ3v) is 4.64. The van der Waals surface area contributed by atoms with Crippen LogP contribution in [-0.4, -0.2) is 32.9 Å². The van der Waals surface area contributed by atoms with Crippen LogP contribution in [0.3, 0.4) is 0 Å². The summed E-state index contributed by atoms with van der Waals surface area (Å²) >= 11 is 0. The van der Waals surface area contributed by atoms with Crippen molar-refractivity contribution in [3.8, 4) is 0 Å². The number of hydrogen-bond acceptors (Lipinski definition) is 3. The second kappa shape index (κ2) is 7.59. The predicted molar refractivity (Wildman–Crippen MR) is 89.7 cm³/mol. The van der Waals surface area contributed by atoms with E-state index < -0.39 is 23.5 Å². The Morgan fingerprint density at radius 1 is 1.15 bits per heavy atom. The SMILES string of the molecule is O=C(O)c1ccnc(C(=O)N(Cc2c(F)cccc2F)C2CCCC2)c1. The van der Waals surface area contributed by atoms with E-state index in [1.54, 1.807) is 0 Å². The van der Waals surface area contributed by atoms with Crippen molar-refractivity contribution >= 4 is 11.9 Å². The molecule has 1 aromatic heterocycles. The fourth-order valence-corrected chi connectivity index (χ4v) is 3.26. The molecular weight excluding hydrogens is 342 g/mol. The summed E-state index contributed by atoms with van der Waals surface area (Å²) in [7, 11) is 0. The lowest BCUT2D eigenvalue weighted by Crippen LogP contribution is -2.39. The van der Waals surface area contributed by atoms with Gasteiger partial charge in [-0.25, -0.2) is 13.6 Å². The van der Waals surface area contributed by atoms with Crippen molar-refractivity contribution in [2.24, 2.45) is 0 Å². The molecule has 0 spiro atoms. The molecule has 0 bridgehead atoms. The van der Waals surface area contributed by atoms with Crippen LogP contribution in [0.4, 0.5) is 8.78 Å². The molecule has 2 aromatic rings. The molecule has 1 N–H and O–H groups in total. The first kappa shape index (κ1) is 18.0. The van der Waals surface area contributed by atoms with Crippen molar-refractivity contribution in [1.29, 1.82) is 0 Å². The Morgan fingerprint density at radius 3 is 2.42 bits per heavy atom. The van der Waals surface area contributed by atoms with Crippen LogP contribution in [0.15, 0.2) is 36.5 Å². The molecule has 1 aromatic carbocycles. The van der Waals surface area contributed by atoms with Gasteiger partial charge in [-0.15, -0.1) is 0 Å². The topological polar surface area (TPSA) is 70.5 Å². The summed E-state index contributed by atoms with van der Waals surface area (Å²) in [5.74, 6) is -3.13. The number of amides is 1. The Kier molecular flexibility index (Phi) is 5.25. The molecule has 1 amide bonds. The Balaban J connectivity index is 1.95. The zero-order valence-electron chi connectivity index (χ0n) is 14.0. The number of carbonyl (C=O) groups excluding carboxylic acids is 1. The first-order valence-corrected chi connectivity index (χ1v) is 8.40. The van der Waals surface area contributed by atoms with Crippen LogP contribution in [0.5, 0.6) is 0 Å². The van der Waals surface area contributed by atoms with E-state index in [1.165, 1.54) is 29.3 Å². The van der Waals surface area contributed by atoms with Gasteiger partial charge in [-0.2, -0.15) is 0 Å². The molecule has 1 fully saturated rings. The predicted octanol–water partition coefficient (Wildman–Crippen LogP) is 3.64. The second-order valence-electron chi connectivity index (χ2n) is 6.31. The van der Waals surface area contributed by atoms with Gasteiger partial charge < -0.3 is 10.0 Å².